The topological polar surface area (TPSA) is 6.48 Å². The first-order chi connectivity index (χ1) is 54.4. The minimum Gasteiger partial charge on any atom is -0.307 e. The summed E-state index contributed by atoms with van der Waals surface area (Å²) in [6.45, 7) is 0. The van der Waals surface area contributed by atoms with Crippen LogP contribution in [-0.2, 0) is 5.41 Å². The van der Waals surface area contributed by atoms with Crippen LogP contribution in [-0.4, -0.2) is 0 Å². The molecule has 0 saturated carbocycles. The number of nitrogens with zero attached hydrogens (tertiary/aromatic N) is 2. The van der Waals surface area contributed by atoms with Gasteiger partial charge in [-0.15, -0.1) is 0 Å². The van der Waals surface area contributed by atoms with E-state index in [1.165, 1.54) is 18.2 Å². The number of rotatable bonds is 10. The Balaban J connectivity index is 1.04. The lowest BCUT2D eigenvalue weighted by atomic mass is 9.69. The van der Waals surface area contributed by atoms with E-state index in [0.717, 1.165) is 34.1 Å². The molecule has 0 unspecified atom stereocenters. The van der Waals surface area contributed by atoms with Gasteiger partial charge in [0, 0.05) is 33.9 Å². The number of hydrogen-bond donors (Lipinski definition) is 0. The van der Waals surface area contributed by atoms with Crippen LogP contribution < -0.4 is 9.80 Å². The summed E-state index contributed by atoms with van der Waals surface area (Å²) in [5, 5.41) is 1.60. The third-order valence-corrected chi connectivity index (χ3v) is 15.6. The van der Waals surface area contributed by atoms with Gasteiger partial charge in [-0.2, -0.15) is 0 Å². The van der Waals surface area contributed by atoms with Gasteiger partial charge in [-0.25, -0.2) is 8.78 Å². The zero-order chi connectivity index (χ0) is 82.7. The molecule has 0 fully saturated rings. The lowest BCUT2D eigenvalue weighted by Gasteiger charge is -2.34. The summed E-state index contributed by atoms with van der Waals surface area (Å²) in [5.74, 6) is -2.85. The maximum Gasteiger partial charge on any atom is 0.148 e. The van der Waals surface area contributed by atoms with Gasteiger partial charge in [0.2, 0.25) is 0 Å². The minimum atomic E-state index is -1.63. The van der Waals surface area contributed by atoms with Crippen LogP contribution in [0.1, 0.15) is 63.4 Å². The quantitative estimate of drug-likeness (QED) is 0.126. The van der Waals surface area contributed by atoms with Crippen molar-refractivity contribution in [2.75, 3.05) is 9.80 Å². The molecule has 0 N–H and O–H groups in total. The third kappa shape index (κ3) is 7.90. The molecule has 0 aliphatic heterocycles. The van der Waals surface area contributed by atoms with E-state index in [-0.39, 0.29) is 11.4 Å². The highest BCUT2D eigenvalue weighted by Gasteiger charge is 2.53. The van der Waals surface area contributed by atoms with Gasteiger partial charge in [0.05, 0.1) is 57.9 Å². The molecular formula is C81H52F2N2. The van der Waals surface area contributed by atoms with Gasteiger partial charge in [-0.3, -0.25) is 0 Å². The molecule has 0 amide bonds. The second-order valence-electron chi connectivity index (χ2n) is 19.9. The summed E-state index contributed by atoms with van der Waals surface area (Å²) in [6, 6.07) is 7.84. The van der Waals surface area contributed by atoms with Crippen LogP contribution in [0.5, 0.6) is 0 Å². The first-order valence-corrected chi connectivity index (χ1v) is 26.5. The number of anilines is 6. The Labute approximate surface area is 535 Å². The van der Waals surface area contributed by atoms with Crippen molar-refractivity contribution in [1.82, 2.24) is 0 Å². The van der Waals surface area contributed by atoms with E-state index >= 15 is 8.78 Å². The first-order valence-electron chi connectivity index (χ1n) is 41.5. The molecule has 14 aromatic rings. The van der Waals surface area contributed by atoms with Crippen molar-refractivity contribution >= 4 is 55.7 Å². The molecule has 4 heteroatoms. The number of halogens is 2. The monoisotopic (exact) mass is 1120 g/mol. The predicted octanol–water partition coefficient (Wildman–Crippen LogP) is 22.2. The maximum atomic E-state index is 19.1. The van der Waals surface area contributed by atoms with E-state index in [1.807, 2.05) is 36.4 Å². The summed E-state index contributed by atoms with van der Waals surface area (Å²) in [6.07, 6.45) is 0. The second-order valence-corrected chi connectivity index (χ2v) is 19.9. The summed E-state index contributed by atoms with van der Waals surface area (Å²) in [7, 11) is 0. The average molecular weight is 1120 g/mol. The number of fused-ring (bicyclic) bond motifs is 15. The van der Waals surface area contributed by atoms with Crippen molar-refractivity contribution in [3.8, 4) is 66.8 Å². The number of para-hydroxylation sites is 2. The molecule has 0 atom stereocenters. The smallest absolute Gasteiger partial charge is 0.148 e. The number of hydrogen-bond acceptors (Lipinski definition) is 2. The molecule has 2 nitrogen and oxygen atoms in total. The highest BCUT2D eigenvalue weighted by molar-refractivity contribution is 6.21. The molecule has 2 aliphatic carbocycles. The normalized spacial score (nSPS) is 17.4. The van der Waals surface area contributed by atoms with E-state index in [4.69, 9.17) is 27.4 Å². The van der Waals surface area contributed by atoms with Gasteiger partial charge in [0.15, 0.2) is 0 Å². The van der Waals surface area contributed by atoms with E-state index in [1.54, 1.807) is 54.6 Å². The summed E-state index contributed by atoms with van der Waals surface area (Å²) >= 11 is 0. The van der Waals surface area contributed by atoms with Crippen LogP contribution in [0.2, 0.25) is 0 Å². The standard InChI is InChI=1S/C81H52F2N2/c82-75-49-57(53-25-7-1-8-26-53)47-69(55-29-11-3-12-30-55)79(75)84(59-33-15-5-16-34-59)61-43-45-67-71(51-61)63-37-19-20-40-66(63)77-68-46-44-62(52-74(68)81(78(67)77)72-41-23-21-38-64(72)65-39-22-24-42-73(65)81)85(60-35-17-6-18-36-60)80-70(56-31-13-4-14-32-56)48-58(50-76(80)83)54-27-9-2-10-28-54/h1-52H/i1D,2D,3D,4D,5D,6D,7D,8D,9D,10D,11D,12D,13D,14D,15D,16D,17D,18D,25D,26D,27D,28D,29D,30D,31D,32D,33D,34D,35D,36D. The van der Waals surface area contributed by atoms with Gasteiger partial charge in [0.1, 0.15) is 11.6 Å². The Hall–Kier alpha value is -10.9. The summed E-state index contributed by atoms with van der Waals surface area (Å²) < 4.78 is 309. The Kier molecular flexibility index (Phi) is 6.63. The highest BCUT2D eigenvalue weighted by atomic mass is 19.1. The summed E-state index contributed by atoms with van der Waals surface area (Å²) in [5.41, 5.74) is -5.57. The lowest BCUT2D eigenvalue weighted by molar-refractivity contribution is 0.629. The fourth-order valence-electron chi connectivity index (χ4n) is 12.4. The molecule has 0 aromatic heterocycles. The van der Waals surface area contributed by atoms with Crippen molar-refractivity contribution in [2.24, 2.45) is 0 Å². The molecule has 400 valence electrons. The largest absolute Gasteiger partial charge is 0.307 e. The van der Waals surface area contributed by atoms with Gasteiger partial charge < -0.3 is 9.80 Å². The predicted molar refractivity (Wildman–Crippen MR) is 349 cm³/mol. The van der Waals surface area contributed by atoms with Crippen LogP contribution in [0.4, 0.5) is 42.9 Å². The van der Waals surface area contributed by atoms with Gasteiger partial charge in [-0.1, -0.05) is 242 Å². The van der Waals surface area contributed by atoms with Crippen LogP contribution >= 0.6 is 0 Å². The third-order valence-electron chi connectivity index (χ3n) is 15.6. The van der Waals surface area contributed by atoms with Crippen molar-refractivity contribution in [3.05, 3.63) is 349 Å². The Morgan fingerprint density at radius 2 is 0.694 bits per heavy atom. The zero-order valence-electron chi connectivity index (χ0n) is 73.9. The minimum absolute atomic E-state index is 0.200. The summed E-state index contributed by atoms with van der Waals surface area (Å²) in [4.78, 5) is 1.88. The Morgan fingerprint density at radius 3 is 1.19 bits per heavy atom. The molecule has 0 radical (unpaired) electrons. The molecule has 14 aromatic carbocycles. The molecule has 0 bridgehead atoms. The molecule has 0 saturated heterocycles. The molecular weight excluding hydrogens is 1040 g/mol. The van der Waals surface area contributed by atoms with E-state index in [9.17, 15) is 13.7 Å². The van der Waals surface area contributed by atoms with Crippen LogP contribution in [0.3, 0.4) is 0 Å². The first kappa shape index (κ1) is 27.9. The van der Waals surface area contributed by atoms with Crippen LogP contribution in [0, 0.1) is 11.6 Å². The highest BCUT2D eigenvalue weighted by Crippen LogP contribution is 2.66. The zero-order valence-corrected chi connectivity index (χ0v) is 43.9. The van der Waals surface area contributed by atoms with E-state index in [2.05, 4.69) is 0 Å². The van der Waals surface area contributed by atoms with Crippen molar-refractivity contribution in [2.45, 2.75) is 5.41 Å². The van der Waals surface area contributed by atoms with Crippen molar-refractivity contribution in [3.63, 3.8) is 0 Å². The fraction of sp³-hybridized carbons (Fsp3) is 0.0123. The molecule has 85 heavy (non-hydrogen) atoms. The van der Waals surface area contributed by atoms with Crippen LogP contribution in [0.25, 0.3) is 88.3 Å². The second kappa shape index (κ2) is 20.2. The van der Waals surface area contributed by atoms with Crippen molar-refractivity contribution in [1.29, 1.82) is 0 Å². The van der Waals surface area contributed by atoms with Crippen LogP contribution in [0.15, 0.2) is 315 Å². The van der Waals surface area contributed by atoms with E-state index in [0.29, 0.717) is 66.1 Å². The fourth-order valence-corrected chi connectivity index (χ4v) is 12.4. The molecule has 16 rings (SSSR count). The van der Waals surface area contributed by atoms with Crippen molar-refractivity contribution < 1.29 is 49.9 Å². The van der Waals surface area contributed by atoms with Gasteiger partial charge in [-0.05, 0) is 172 Å². The Morgan fingerprint density at radius 1 is 0.282 bits per heavy atom. The lowest BCUT2D eigenvalue weighted by Crippen LogP contribution is -2.26. The molecule has 2 aliphatic rings. The van der Waals surface area contributed by atoms with Gasteiger partial charge >= 0.3 is 0 Å². The maximum absolute atomic E-state index is 19.1. The SMILES string of the molecule is [2H]c1c([2H])c([2H])c(-c2cc(F)c(N(c3ccc4c(c3)C3(c5ccccc5-c5ccccc53)c3c-4c4ccccc4c4cc(N(c5c(F)cc(-c6c([2H])c([2H])c([2H])c([2H])c6[2H])cc5-c5c([2H])c([2H])c([2H])c([2H])c5[2H])c5c([2H])c([2H])c([2H])c([2H])c5[2H])ccc34)c3c([2H])c([2H])c([2H])c([2H])c3[2H])c(-c3c([2H])c([2H])c([2H])c([2H])c3[2H])c2)c([2H])c1[2H]. The average Bonchev–Trinajstić information content (AvgIpc) is 1.49. The van der Waals surface area contributed by atoms with Gasteiger partial charge in [0.25, 0.3) is 0 Å². The molecule has 0 heterocycles. The molecule has 1 spiro atoms. The Bertz CT molecular complexity index is 6590. The number of benzene rings is 14. The van der Waals surface area contributed by atoms with E-state index < -0.39 is 266 Å².